The number of hydrogen-bond acceptors (Lipinski definition) is 3. The van der Waals surface area contributed by atoms with Crippen molar-refractivity contribution in [3.8, 4) is 5.75 Å². The van der Waals surface area contributed by atoms with Gasteiger partial charge in [-0.1, -0.05) is 23.7 Å². The molecule has 5 heteroatoms. The summed E-state index contributed by atoms with van der Waals surface area (Å²) in [5, 5.41) is 3.20. The summed E-state index contributed by atoms with van der Waals surface area (Å²) in [4.78, 5) is 10.9. The Morgan fingerprint density at radius 2 is 2.40 bits per heavy atom. The molecule has 1 aromatic carbocycles. The van der Waals surface area contributed by atoms with E-state index in [2.05, 4.69) is 5.32 Å². The maximum atomic E-state index is 10.9. The monoisotopic (exact) mass is 227 g/mol. The number of rotatable bonds is 2. The highest BCUT2D eigenvalue weighted by Gasteiger charge is 2.26. The van der Waals surface area contributed by atoms with Gasteiger partial charge >= 0.3 is 6.09 Å². The van der Waals surface area contributed by atoms with Crippen molar-refractivity contribution in [2.24, 2.45) is 0 Å². The lowest BCUT2D eigenvalue weighted by Crippen LogP contribution is -2.18. The molecule has 80 valence electrons. The Kier molecular flexibility index (Phi) is 2.68. The summed E-state index contributed by atoms with van der Waals surface area (Å²) in [6, 6.07) is 5.21. The van der Waals surface area contributed by atoms with Gasteiger partial charge in [-0.25, -0.2) is 4.79 Å². The predicted octanol–water partition coefficient (Wildman–Crippen LogP) is 2.13. The molecular weight excluding hydrogens is 218 g/mol. The molecule has 1 atom stereocenters. The van der Waals surface area contributed by atoms with Crippen molar-refractivity contribution in [3.63, 3.8) is 0 Å². The van der Waals surface area contributed by atoms with E-state index in [1.807, 2.05) is 12.1 Å². The van der Waals surface area contributed by atoms with Gasteiger partial charge in [0.15, 0.2) is 0 Å². The number of carbonyl (C=O) groups is 1. The second-order valence-corrected chi connectivity index (χ2v) is 3.56. The van der Waals surface area contributed by atoms with Crippen LogP contribution in [0.3, 0.4) is 0 Å². The summed E-state index contributed by atoms with van der Waals surface area (Å²) >= 11 is 5.97. The number of hydrogen-bond donors (Lipinski definition) is 1. The van der Waals surface area contributed by atoms with Gasteiger partial charge in [-0.2, -0.15) is 0 Å². The molecule has 2 rings (SSSR count). The van der Waals surface area contributed by atoms with Gasteiger partial charge in [-0.05, 0) is 6.07 Å². The van der Waals surface area contributed by atoms with Crippen LogP contribution in [0.1, 0.15) is 11.6 Å². The van der Waals surface area contributed by atoms with Crippen LogP contribution in [0.5, 0.6) is 5.75 Å². The molecule has 1 aliphatic heterocycles. The quantitative estimate of drug-likeness (QED) is 0.842. The Balaban J connectivity index is 2.35. The van der Waals surface area contributed by atoms with Gasteiger partial charge < -0.3 is 14.8 Å². The Bertz CT molecular complexity index is 394. The number of methoxy groups -OCH3 is 1. The van der Waals surface area contributed by atoms with Gasteiger partial charge in [0.05, 0.1) is 18.2 Å². The van der Waals surface area contributed by atoms with Gasteiger partial charge in [0.1, 0.15) is 12.4 Å². The van der Waals surface area contributed by atoms with Gasteiger partial charge in [0.2, 0.25) is 0 Å². The highest BCUT2D eigenvalue weighted by atomic mass is 35.5. The molecule has 1 N–H and O–H groups in total. The summed E-state index contributed by atoms with van der Waals surface area (Å²) in [5.74, 6) is 0.579. The Morgan fingerprint density at radius 3 is 3.00 bits per heavy atom. The first-order chi connectivity index (χ1) is 7.22. The van der Waals surface area contributed by atoms with Crippen molar-refractivity contribution in [1.29, 1.82) is 0 Å². The molecular formula is C10H10ClNO3. The number of carbonyl (C=O) groups excluding carboxylic acids is 1. The summed E-state index contributed by atoms with van der Waals surface area (Å²) < 4.78 is 10.00. The SMILES string of the molecule is COc1c(Cl)cccc1C1COC(=O)N1. The van der Waals surface area contributed by atoms with Crippen LogP contribution in [0, 0.1) is 0 Å². The highest BCUT2D eigenvalue weighted by Crippen LogP contribution is 2.33. The van der Waals surface area contributed by atoms with Crippen molar-refractivity contribution in [1.82, 2.24) is 5.32 Å². The number of amides is 1. The maximum absolute atomic E-state index is 10.9. The van der Waals surface area contributed by atoms with E-state index in [-0.39, 0.29) is 6.04 Å². The first kappa shape index (κ1) is 10.1. The van der Waals surface area contributed by atoms with E-state index < -0.39 is 6.09 Å². The highest BCUT2D eigenvalue weighted by molar-refractivity contribution is 6.32. The third-order valence-corrected chi connectivity index (χ3v) is 2.55. The van der Waals surface area contributed by atoms with Crippen molar-refractivity contribution in [3.05, 3.63) is 28.8 Å². The van der Waals surface area contributed by atoms with Crippen LogP contribution in [0.25, 0.3) is 0 Å². The second-order valence-electron chi connectivity index (χ2n) is 3.16. The number of halogens is 1. The Labute approximate surface area is 92.1 Å². The standard InChI is InChI=1S/C10H10ClNO3/c1-14-9-6(3-2-4-7(9)11)8-5-15-10(13)12-8/h2-4,8H,5H2,1H3,(H,12,13). The Morgan fingerprint density at radius 1 is 1.60 bits per heavy atom. The van der Waals surface area contributed by atoms with Crippen molar-refractivity contribution >= 4 is 17.7 Å². The summed E-state index contributed by atoms with van der Waals surface area (Å²) in [6.07, 6.45) is -0.415. The van der Waals surface area contributed by atoms with Crippen LogP contribution in [-0.2, 0) is 4.74 Å². The molecule has 0 aromatic heterocycles. The summed E-state index contributed by atoms with van der Waals surface area (Å²) in [7, 11) is 1.54. The first-order valence-electron chi connectivity index (χ1n) is 4.48. The molecule has 1 aromatic rings. The van der Waals surface area contributed by atoms with Gasteiger partial charge in [-0.3, -0.25) is 0 Å². The number of para-hydroxylation sites is 1. The van der Waals surface area contributed by atoms with E-state index in [1.54, 1.807) is 13.2 Å². The average molecular weight is 228 g/mol. The normalized spacial score (nSPS) is 19.6. The zero-order valence-electron chi connectivity index (χ0n) is 8.12. The van der Waals surface area contributed by atoms with Crippen LogP contribution in [0.2, 0.25) is 5.02 Å². The Hall–Kier alpha value is -1.42. The number of benzene rings is 1. The van der Waals surface area contributed by atoms with E-state index in [9.17, 15) is 4.79 Å². The number of nitrogens with one attached hydrogen (secondary N) is 1. The molecule has 1 heterocycles. The topological polar surface area (TPSA) is 47.6 Å². The van der Waals surface area contributed by atoms with Crippen LogP contribution in [-0.4, -0.2) is 19.8 Å². The summed E-state index contributed by atoms with van der Waals surface area (Å²) in [6.45, 7) is 0.301. The number of ether oxygens (including phenoxy) is 2. The van der Waals surface area contributed by atoms with E-state index in [1.165, 1.54) is 0 Å². The summed E-state index contributed by atoms with van der Waals surface area (Å²) in [5.41, 5.74) is 0.829. The van der Waals surface area contributed by atoms with E-state index in [4.69, 9.17) is 21.1 Å². The first-order valence-corrected chi connectivity index (χ1v) is 4.86. The lowest BCUT2D eigenvalue weighted by molar-refractivity contribution is 0.177. The zero-order chi connectivity index (χ0) is 10.8. The zero-order valence-corrected chi connectivity index (χ0v) is 8.88. The fourth-order valence-electron chi connectivity index (χ4n) is 1.57. The smallest absolute Gasteiger partial charge is 0.407 e. The maximum Gasteiger partial charge on any atom is 0.407 e. The number of cyclic esters (lactones) is 1. The number of alkyl carbamates (subject to hydrolysis) is 1. The minimum absolute atomic E-state index is 0.189. The van der Waals surface area contributed by atoms with Crippen molar-refractivity contribution in [2.75, 3.05) is 13.7 Å². The molecule has 1 fully saturated rings. The van der Waals surface area contributed by atoms with Crippen LogP contribution in [0.15, 0.2) is 18.2 Å². The minimum Gasteiger partial charge on any atom is -0.495 e. The van der Waals surface area contributed by atoms with Crippen molar-refractivity contribution < 1.29 is 14.3 Å². The van der Waals surface area contributed by atoms with Crippen LogP contribution < -0.4 is 10.1 Å². The van der Waals surface area contributed by atoms with E-state index in [0.717, 1.165) is 5.56 Å². The lowest BCUT2D eigenvalue weighted by atomic mass is 10.1. The molecule has 4 nitrogen and oxygen atoms in total. The minimum atomic E-state index is -0.415. The average Bonchev–Trinajstić information content (AvgIpc) is 2.64. The molecule has 0 bridgehead atoms. The molecule has 1 saturated heterocycles. The van der Waals surface area contributed by atoms with E-state index in [0.29, 0.717) is 17.4 Å². The molecule has 0 saturated carbocycles. The van der Waals surface area contributed by atoms with E-state index >= 15 is 0 Å². The molecule has 0 radical (unpaired) electrons. The second kappa shape index (κ2) is 3.98. The third kappa shape index (κ3) is 1.85. The largest absolute Gasteiger partial charge is 0.495 e. The molecule has 15 heavy (non-hydrogen) atoms. The lowest BCUT2D eigenvalue weighted by Gasteiger charge is -2.13. The third-order valence-electron chi connectivity index (χ3n) is 2.25. The van der Waals surface area contributed by atoms with Gasteiger partial charge in [0, 0.05) is 5.56 Å². The predicted molar refractivity (Wildman–Crippen MR) is 55.2 cm³/mol. The van der Waals surface area contributed by atoms with Gasteiger partial charge in [-0.15, -0.1) is 0 Å². The van der Waals surface area contributed by atoms with Crippen LogP contribution in [0.4, 0.5) is 4.79 Å². The molecule has 1 aliphatic rings. The molecule has 0 aliphatic carbocycles. The molecule has 0 spiro atoms. The van der Waals surface area contributed by atoms with Crippen molar-refractivity contribution in [2.45, 2.75) is 6.04 Å². The van der Waals surface area contributed by atoms with Crippen LogP contribution >= 0.6 is 11.6 Å². The molecule has 1 unspecified atom stereocenters. The fraction of sp³-hybridized carbons (Fsp3) is 0.300. The fourth-order valence-corrected chi connectivity index (χ4v) is 1.83. The van der Waals surface area contributed by atoms with Gasteiger partial charge in [0.25, 0.3) is 0 Å². The molecule has 1 amide bonds.